The Bertz CT molecular complexity index is 2560. The molecule has 18 heteroatoms. The summed E-state index contributed by atoms with van der Waals surface area (Å²) in [6.45, 7) is 5.36. The minimum absolute atomic E-state index is 0.00143. The van der Waals surface area contributed by atoms with Crippen molar-refractivity contribution in [3.8, 4) is 11.1 Å². The standard InChI is InChI=1S/C54H68N6O11S/c1-35(2)31-59(32-48(61)46(29-36-13-4-3-5-14-36)58-54(65)71-49-34-69-52-43(49)25-28-68-52)72(66,67)38-23-21-37(22-24-38)30-57-50(62)47-20-12-27-60(47)51(63)45(55)19-10-11-26-56-53(64)70-33-44-41-17-8-6-15-39(41)40-16-7-9-18-42(40)44/h3-9,13-18,21-24,35,43-49,52,61H,10-12,19-20,25-34,55H2,1-2H3,(H,56,64)(H,57,62)(H,58,65)/t43-,45-,46-,47-,48+,49?,52+/m0/s1. The molecule has 0 spiro atoms. The molecule has 6 N–H and O–H groups in total. The van der Waals surface area contributed by atoms with Crippen LogP contribution in [0.4, 0.5) is 9.59 Å². The smallest absolute Gasteiger partial charge is 0.407 e. The number of unbranched alkanes of at least 4 members (excludes halogenated alkanes) is 1. The van der Waals surface area contributed by atoms with Crippen LogP contribution in [0.15, 0.2) is 108 Å². The first kappa shape index (κ1) is 52.4. The zero-order valence-corrected chi connectivity index (χ0v) is 41.8. The molecule has 0 bridgehead atoms. The highest BCUT2D eigenvalue weighted by molar-refractivity contribution is 7.89. The topological polar surface area (TPSA) is 228 Å². The largest absolute Gasteiger partial charge is 0.449 e. The number of hydrogen-bond acceptors (Lipinski definition) is 12. The Morgan fingerprint density at radius 1 is 0.833 bits per heavy atom. The predicted octanol–water partition coefficient (Wildman–Crippen LogP) is 5.44. The summed E-state index contributed by atoms with van der Waals surface area (Å²) in [5.74, 6) is -0.843. The van der Waals surface area contributed by atoms with Gasteiger partial charge in [-0.3, -0.25) is 9.59 Å². The van der Waals surface area contributed by atoms with Crippen LogP contribution < -0.4 is 21.7 Å². The molecule has 3 heterocycles. The van der Waals surface area contributed by atoms with Crippen LogP contribution in [0.1, 0.15) is 80.5 Å². The number of benzene rings is 4. The van der Waals surface area contributed by atoms with Crippen molar-refractivity contribution in [1.82, 2.24) is 25.2 Å². The zero-order chi connectivity index (χ0) is 50.8. The number of alkyl carbamates (subject to hydrolysis) is 2. The number of nitrogens with one attached hydrogen (secondary N) is 3. The molecule has 3 aliphatic heterocycles. The number of carbonyl (C=O) groups excluding carboxylic acids is 4. The van der Waals surface area contributed by atoms with Gasteiger partial charge in [0.15, 0.2) is 6.29 Å². The van der Waals surface area contributed by atoms with Gasteiger partial charge >= 0.3 is 12.2 Å². The number of fused-ring (bicyclic) bond motifs is 4. The van der Waals surface area contributed by atoms with E-state index in [4.69, 9.17) is 24.7 Å². The van der Waals surface area contributed by atoms with E-state index in [1.54, 1.807) is 12.1 Å². The number of amides is 4. The highest BCUT2D eigenvalue weighted by Gasteiger charge is 2.44. The fourth-order valence-corrected chi connectivity index (χ4v) is 11.9. The summed E-state index contributed by atoms with van der Waals surface area (Å²) in [6.07, 6.45) is 0.138. The molecular formula is C54H68N6O11S. The Morgan fingerprint density at radius 3 is 2.24 bits per heavy atom. The molecule has 4 aromatic rings. The number of sulfonamides is 1. The molecule has 17 nitrogen and oxygen atoms in total. The number of aliphatic hydroxyl groups is 1. The van der Waals surface area contributed by atoms with Gasteiger partial charge in [-0.2, -0.15) is 4.31 Å². The van der Waals surface area contributed by atoms with Gasteiger partial charge in [-0.15, -0.1) is 0 Å². The molecule has 4 aromatic carbocycles. The highest BCUT2D eigenvalue weighted by Crippen LogP contribution is 2.44. The van der Waals surface area contributed by atoms with Gasteiger partial charge in [0.25, 0.3) is 0 Å². The minimum atomic E-state index is -4.15. The van der Waals surface area contributed by atoms with Gasteiger partial charge in [0.1, 0.15) is 18.8 Å². The second kappa shape index (κ2) is 24.2. The summed E-state index contributed by atoms with van der Waals surface area (Å²) in [4.78, 5) is 54.4. The van der Waals surface area contributed by atoms with Gasteiger partial charge < -0.3 is 50.6 Å². The molecule has 386 valence electrons. The van der Waals surface area contributed by atoms with Crippen LogP contribution in [0, 0.1) is 11.8 Å². The monoisotopic (exact) mass is 1010 g/mol. The molecule has 0 saturated carbocycles. The van der Waals surface area contributed by atoms with Gasteiger partial charge in [-0.1, -0.05) is 105 Å². The maximum absolute atomic E-state index is 14.2. The van der Waals surface area contributed by atoms with Crippen molar-refractivity contribution in [1.29, 1.82) is 0 Å². The molecule has 0 radical (unpaired) electrons. The van der Waals surface area contributed by atoms with Gasteiger partial charge in [0, 0.05) is 38.6 Å². The summed E-state index contributed by atoms with van der Waals surface area (Å²) in [7, 11) is -4.15. The molecule has 0 aromatic heterocycles. The Labute approximate surface area is 422 Å². The third-order valence-corrected chi connectivity index (χ3v) is 15.9. The molecular weight excluding hydrogens is 941 g/mol. The second-order valence-corrected chi connectivity index (χ2v) is 21.5. The van der Waals surface area contributed by atoms with E-state index in [0.29, 0.717) is 63.8 Å². The molecule has 1 unspecified atom stereocenters. The molecule has 3 fully saturated rings. The van der Waals surface area contributed by atoms with Crippen molar-refractivity contribution in [2.24, 2.45) is 17.6 Å². The van der Waals surface area contributed by atoms with E-state index >= 15 is 0 Å². The van der Waals surface area contributed by atoms with Crippen LogP contribution in [-0.2, 0) is 51.5 Å². The van der Waals surface area contributed by atoms with Gasteiger partial charge in [-0.25, -0.2) is 18.0 Å². The number of nitrogens with zero attached hydrogens (tertiary/aromatic N) is 2. The van der Waals surface area contributed by atoms with Crippen molar-refractivity contribution < 1.29 is 51.6 Å². The van der Waals surface area contributed by atoms with E-state index in [9.17, 15) is 32.7 Å². The second-order valence-electron chi connectivity index (χ2n) is 19.6. The average Bonchev–Trinajstić information content (AvgIpc) is 4.20. The fraction of sp³-hybridized carbons (Fsp3) is 0.481. The van der Waals surface area contributed by atoms with E-state index in [1.165, 1.54) is 21.3 Å². The minimum Gasteiger partial charge on any atom is -0.449 e. The first-order valence-electron chi connectivity index (χ1n) is 25.2. The summed E-state index contributed by atoms with van der Waals surface area (Å²) in [5.41, 5.74) is 12.4. The zero-order valence-electron chi connectivity index (χ0n) is 41.0. The normalized spacial score (nSPS) is 20.6. The Balaban J connectivity index is 0.787. The van der Waals surface area contributed by atoms with E-state index < -0.39 is 58.8 Å². The number of likely N-dealkylation sites (tertiary alicyclic amines) is 1. The first-order valence-corrected chi connectivity index (χ1v) is 26.6. The SMILES string of the molecule is CC(C)CN(C[C@@H](O)[C@H](Cc1ccccc1)NC(=O)OC1CO[C@H]2OCC[C@@H]12)S(=O)(=O)c1ccc(CNC(=O)[C@@H]2CCCN2C(=O)[C@@H](N)CCCCNC(=O)OCC2c3ccccc3-c3ccccc32)cc1. The third-order valence-electron chi connectivity index (χ3n) is 14.0. The van der Waals surface area contributed by atoms with E-state index in [-0.39, 0.29) is 73.7 Å². The lowest BCUT2D eigenvalue weighted by molar-refractivity contribution is -0.139. The molecule has 8 rings (SSSR count). The van der Waals surface area contributed by atoms with E-state index in [2.05, 4.69) is 40.2 Å². The molecule has 72 heavy (non-hydrogen) atoms. The molecule has 3 saturated heterocycles. The number of ether oxygens (including phenoxy) is 4. The number of hydrogen-bond donors (Lipinski definition) is 5. The molecule has 4 aliphatic rings. The van der Waals surface area contributed by atoms with Crippen molar-refractivity contribution in [2.75, 3.05) is 46.0 Å². The summed E-state index contributed by atoms with van der Waals surface area (Å²) >= 11 is 0. The third kappa shape index (κ3) is 12.8. The number of aliphatic hydroxyl groups excluding tert-OH is 1. The quantitative estimate of drug-likeness (QED) is 0.0621. The van der Waals surface area contributed by atoms with Crippen LogP contribution in [0.3, 0.4) is 0 Å². The van der Waals surface area contributed by atoms with Crippen molar-refractivity contribution in [3.05, 3.63) is 125 Å². The lowest BCUT2D eigenvalue weighted by Gasteiger charge is -2.31. The van der Waals surface area contributed by atoms with E-state index in [1.807, 2.05) is 68.4 Å². The summed E-state index contributed by atoms with van der Waals surface area (Å²) in [6, 6.07) is 29.4. The summed E-state index contributed by atoms with van der Waals surface area (Å²) in [5, 5.41) is 20.2. The number of carbonyl (C=O) groups is 4. The lowest BCUT2D eigenvalue weighted by Crippen LogP contribution is -2.51. The first-order chi connectivity index (χ1) is 34.8. The predicted molar refractivity (Wildman–Crippen MR) is 269 cm³/mol. The van der Waals surface area contributed by atoms with Gasteiger partial charge in [0.2, 0.25) is 21.8 Å². The van der Waals surface area contributed by atoms with Crippen LogP contribution in [0.25, 0.3) is 11.1 Å². The fourth-order valence-electron chi connectivity index (χ4n) is 10.2. The van der Waals surface area contributed by atoms with Crippen LogP contribution in [0.2, 0.25) is 0 Å². The number of nitrogens with two attached hydrogens (primary N) is 1. The van der Waals surface area contributed by atoms with Crippen molar-refractivity contribution in [3.63, 3.8) is 0 Å². The van der Waals surface area contributed by atoms with E-state index in [0.717, 1.165) is 27.8 Å². The maximum Gasteiger partial charge on any atom is 0.407 e. The average molecular weight is 1010 g/mol. The van der Waals surface area contributed by atoms with Crippen molar-refractivity contribution >= 4 is 34.0 Å². The summed E-state index contributed by atoms with van der Waals surface area (Å²) < 4.78 is 52.3. The van der Waals surface area contributed by atoms with Gasteiger partial charge in [0.05, 0.1) is 42.2 Å². The number of rotatable bonds is 22. The van der Waals surface area contributed by atoms with Gasteiger partial charge in [-0.05, 0) is 96.4 Å². The van der Waals surface area contributed by atoms with Crippen LogP contribution in [0.5, 0.6) is 0 Å². The van der Waals surface area contributed by atoms with Crippen LogP contribution in [-0.4, -0.2) is 129 Å². The Morgan fingerprint density at radius 2 is 1.53 bits per heavy atom. The molecule has 1 aliphatic carbocycles. The lowest BCUT2D eigenvalue weighted by atomic mass is 9.98. The molecule has 4 amide bonds. The molecule has 7 atom stereocenters. The Kier molecular flexibility index (Phi) is 17.6. The van der Waals surface area contributed by atoms with Crippen LogP contribution >= 0.6 is 0 Å². The Hall–Kier alpha value is -5.89. The van der Waals surface area contributed by atoms with Crippen molar-refractivity contribution in [2.45, 2.75) is 113 Å². The maximum atomic E-state index is 14.2. The highest BCUT2D eigenvalue weighted by atomic mass is 32.2.